The molecule has 0 fully saturated rings. The molecule has 0 heterocycles. The lowest BCUT2D eigenvalue weighted by atomic mass is 10.1. The molecule has 0 saturated heterocycles. The van der Waals surface area contributed by atoms with Gasteiger partial charge in [-0.15, -0.1) is 0 Å². The first-order chi connectivity index (χ1) is 14.1. The molecule has 8 heteroatoms. The van der Waals surface area contributed by atoms with E-state index in [1.54, 1.807) is 7.11 Å². The van der Waals surface area contributed by atoms with E-state index in [0.717, 1.165) is 6.42 Å². The van der Waals surface area contributed by atoms with Crippen LogP contribution in [0.25, 0.3) is 0 Å². The van der Waals surface area contributed by atoms with Gasteiger partial charge < -0.3 is 28.3 Å². The van der Waals surface area contributed by atoms with Crippen LogP contribution in [0.2, 0.25) is 0 Å². The first kappa shape index (κ1) is 30.0. The third-order valence-electron chi connectivity index (χ3n) is 5.09. The number of quaternary nitrogens is 1. The SMILES string of the molecule is CCCCCCCCCCCCCOCC(CC(C[N+](C)(C)C)OP(=O)([O-])O)OC. The van der Waals surface area contributed by atoms with Crippen molar-refractivity contribution in [3.05, 3.63) is 0 Å². The summed E-state index contributed by atoms with van der Waals surface area (Å²) in [4.78, 5) is 20.2. The number of nitrogens with zero attached hydrogens (tertiary/aromatic N) is 1. The van der Waals surface area contributed by atoms with E-state index < -0.39 is 13.9 Å². The number of hydrogen-bond acceptors (Lipinski definition) is 5. The van der Waals surface area contributed by atoms with Gasteiger partial charge in [0.2, 0.25) is 0 Å². The Balaban J connectivity index is 3.89. The van der Waals surface area contributed by atoms with Crippen molar-refractivity contribution in [2.24, 2.45) is 0 Å². The Bertz CT molecular complexity index is 438. The Labute approximate surface area is 185 Å². The van der Waals surface area contributed by atoms with Gasteiger partial charge >= 0.3 is 0 Å². The third kappa shape index (κ3) is 21.2. The van der Waals surface area contributed by atoms with Crippen LogP contribution >= 0.6 is 7.82 Å². The molecule has 3 atom stereocenters. The van der Waals surface area contributed by atoms with E-state index in [9.17, 15) is 9.46 Å². The second-order valence-corrected chi connectivity index (χ2v) is 10.5. The molecule has 0 bridgehead atoms. The summed E-state index contributed by atoms with van der Waals surface area (Å²) >= 11 is 0. The lowest BCUT2D eigenvalue weighted by Crippen LogP contribution is -2.44. The summed E-state index contributed by atoms with van der Waals surface area (Å²) in [6.45, 7) is 3.75. The molecule has 0 saturated carbocycles. The number of ether oxygens (including phenoxy) is 2. The molecule has 0 spiro atoms. The van der Waals surface area contributed by atoms with Crippen molar-refractivity contribution in [1.29, 1.82) is 0 Å². The van der Waals surface area contributed by atoms with Crippen molar-refractivity contribution in [1.82, 2.24) is 0 Å². The molecule has 30 heavy (non-hydrogen) atoms. The molecule has 0 rings (SSSR count). The maximum absolute atomic E-state index is 11.2. The van der Waals surface area contributed by atoms with E-state index in [1.807, 2.05) is 21.1 Å². The number of hydrogen-bond donors (Lipinski definition) is 1. The quantitative estimate of drug-likeness (QED) is 0.159. The van der Waals surface area contributed by atoms with Crippen LogP contribution in [0, 0.1) is 0 Å². The Kier molecular flexibility index (Phi) is 17.5. The lowest BCUT2D eigenvalue weighted by molar-refractivity contribution is -0.873. The zero-order valence-electron chi connectivity index (χ0n) is 20.1. The van der Waals surface area contributed by atoms with Crippen molar-refractivity contribution >= 4 is 7.82 Å². The van der Waals surface area contributed by atoms with E-state index in [4.69, 9.17) is 18.9 Å². The van der Waals surface area contributed by atoms with Crippen LogP contribution < -0.4 is 4.89 Å². The first-order valence-electron chi connectivity index (χ1n) is 11.7. The summed E-state index contributed by atoms with van der Waals surface area (Å²) in [7, 11) is 2.60. The van der Waals surface area contributed by atoms with Crippen molar-refractivity contribution in [3.8, 4) is 0 Å². The van der Waals surface area contributed by atoms with E-state index in [-0.39, 0.29) is 6.10 Å². The number of unbranched alkanes of at least 4 members (excludes halogenated alkanes) is 10. The average Bonchev–Trinajstić information content (AvgIpc) is 2.61. The highest BCUT2D eigenvalue weighted by atomic mass is 31.2. The van der Waals surface area contributed by atoms with Crippen LogP contribution in [0.1, 0.15) is 84.0 Å². The van der Waals surface area contributed by atoms with Crippen molar-refractivity contribution < 1.29 is 32.8 Å². The number of phosphoric ester groups is 1. The Morgan fingerprint density at radius 2 is 1.40 bits per heavy atom. The van der Waals surface area contributed by atoms with Crippen LogP contribution in [0.4, 0.5) is 0 Å². The normalized spacial score (nSPS) is 16.4. The van der Waals surface area contributed by atoms with Crippen LogP contribution in [0.15, 0.2) is 0 Å². The van der Waals surface area contributed by atoms with Crippen molar-refractivity contribution in [3.63, 3.8) is 0 Å². The van der Waals surface area contributed by atoms with Gasteiger partial charge in [-0.25, -0.2) is 0 Å². The molecular weight excluding hydrogens is 405 g/mol. The van der Waals surface area contributed by atoms with Crippen LogP contribution in [-0.4, -0.2) is 69.6 Å². The second kappa shape index (κ2) is 17.5. The molecule has 7 nitrogen and oxygen atoms in total. The van der Waals surface area contributed by atoms with Gasteiger partial charge in [0, 0.05) is 20.1 Å². The molecule has 0 aliphatic carbocycles. The monoisotopic (exact) mass is 453 g/mol. The molecule has 0 aliphatic heterocycles. The minimum absolute atomic E-state index is 0.277. The standard InChI is InChI=1S/C22H48NO6P/c1-6-7-8-9-10-11-12-13-14-15-16-17-28-20-22(27-5)18-21(19-23(2,3)4)29-30(24,25)26/h21-22H,6-20H2,1-5H3,(H-,24,25,26). The Morgan fingerprint density at radius 3 is 1.83 bits per heavy atom. The Morgan fingerprint density at radius 1 is 0.900 bits per heavy atom. The van der Waals surface area contributed by atoms with Gasteiger partial charge in [-0.2, -0.15) is 0 Å². The minimum Gasteiger partial charge on any atom is -0.756 e. The maximum atomic E-state index is 11.2. The average molecular weight is 454 g/mol. The lowest BCUT2D eigenvalue weighted by Gasteiger charge is -2.32. The van der Waals surface area contributed by atoms with Gasteiger partial charge in [0.15, 0.2) is 0 Å². The predicted molar refractivity (Wildman–Crippen MR) is 120 cm³/mol. The summed E-state index contributed by atoms with van der Waals surface area (Å²) in [5, 5.41) is 0. The molecule has 0 aromatic rings. The molecule has 0 radical (unpaired) electrons. The van der Waals surface area contributed by atoms with Gasteiger partial charge in [-0.1, -0.05) is 71.1 Å². The van der Waals surface area contributed by atoms with E-state index in [1.165, 1.54) is 64.2 Å². The first-order valence-corrected chi connectivity index (χ1v) is 13.2. The third-order valence-corrected chi connectivity index (χ3v) is 5.65. The number of methoxy groups -OCH3 is 1. The van der Waals surface area contributed by atoms with E-state index in [0.29, 0.717) is 30.7 Å². The highest BCUT2D eigenvalue weighted by Gasteiger charge is 2.26. The van der Waals surface area contributed by atoms with Gasteiger partial charge in [0.1, 0.15) is 12.6 Å². The van der Waals surface area contributed by atoms with Crippen molar-refractivity contribution in [2.75, 3.05) is 48.0 Å². The molecule has 182 valence electrons. The molecule has 0 aromatic heterocycles. The van der Waals surface area contributed by atoms with Gasteiger partial charge in [-0.3, -0.25) is 4.57 Å². The summed E-state index contributed by atoms with van der Waals surface area (Å²) in [5.41, 5.74) is 0. The van der Waals surface area contributed by atoms with Crippen molar-refractivity contribution in [2.45, 2.75) is 96.2 Å². The van der Waals surface area contributed by atoms with Gasteiger partial charge in [-0.05, 0) is 6.42 Å². The fourth-order valence-electron chi connectivity index (χ4n) is 3.56. The summed E-state index contributed by atoms with van der Waals surface area (Å²) in [5.74, 6) is 0. The Hall–Kier alpha value is -0.0100. The number of rotatable bonds is 21. The number of phosphoric acid groups is 1. The predicted octanol–water partition coefficient (Wildman–Crippen LogP) is 4.27. The number of likely N-dealkylation sites (N-methyl/N-ethyl adjacent to an activating group) is 1. The zero-order chi connectivity index (χ0) is 22.9. The largest absolute Gasteiger partial charge is 0.756 e. The fraction of sp³-hybridized carbons (Fsp3) is 1.00. The van der Waals surface area contributed by atoms with Crippen LogP contribution in [0.5, 0.6) is 0 Å². The van der Waals surface area contributed by atoms with Crippen LogP contribution in [0.3, 0.4) is 0 Å². The minimum atomic E-state index is -4.79. The fourth-order valence-corrected chi connectivity index (χ4v) is 4.09. The maximum Gasteiger partial charge on any atom is 0.265 e. The molecular formula is C22H48NO6P. The van der Waals surface area contributed by atoms with Gasteiger partial charge in [0.05, 0.1) is 33.9 Å². The molecule has 0 aliphatic rings. The van der Waals surface area contributed by atoms with Crippen LogP contribution in [-0.2, 0) is 18.6 Å². The van der Waals surface area contributed by atoms with Gasteiger partial charge in [0.25, 0.3) is 7.82 Å². The van der Waals surface area contributed by atoms with E-state index >= 15 is 0 Å². The topological polar surface area (TPSA) is 88.1 Å². The molecule has 3 unspecified atom stereocenters. The summed E-state index contributed by atoms with van der Waals surface area (Å²) < 4.78 is 27.7. The zero-order valence-corrected chi connectivity index (χ0v) is 21.0. The highest BCUT2D eigenvalue weighted by molar-refractivity contribution is 7.44. The summed E-state index contributed by atoms with van der Waals surface area (Å²) in [6.07, 6.45) is 13.7. The smallest absolute Gasteiger partial charge is 0.265 e. The highest BCUT2D eigenvalue weighted by Crippen LogP contribution is 2.34. The summed E-state index contributed by atoms with van der Waals surface area (Å²) in [6, 6.07) is 0. The molecule has 0 aromatic carbocycles. The molecule has 0 amide bonds. The van der Waals surface area contributed by atoms with E-state index in [2.05, 4.69) is 6.92 Å². The molecule has 1 N–H and O–H groups in total. The second-order valence-electron chi connectivity index (χ2n) is 9.37.